The molecular weight excluding hydrogens is 282 g/mol. The molecule has 0 amide bonds. The Morgan fingerprint density at radius 2 is 1.81 bits per heavy atom. The Hall–Kier alpha value is -1.81. The number of benzene rings is 2. The van der Waals surface area contributed by atoms with Crippen molar-refractivity contribution in [3.05, 3.63) is 58.7 Å². The van der Waals surface area contributed by atoms with Crippen molar-refractivity contribution in [2.75, 3.05) is 5.73 Å². The van der Waals surface area contributed by atoms with Gasteiger partial charge in [0, 0.05) is 5.69 Å². The van der Waals surface area contributed by atoms with E-state index in [9.17, 15) is 8.42 Å². The number of nitrogen functional groups attached to an aromatic ring is 1. The number of hydrogen-bond acceptors (Lipinski definition) is 3. The fourth-order valence-corrected chi connectivity index (χ4v) is 4.28. The third kappa shape index (κ3) is 2.81. The van der Waals surface area contributed by atoms with Crippen molar-refractivity contribution in [1.29, 1.82) is 0 Å². The Bertz CT molecular complexity index is 794. The highest BCUT2D eigenvalue weighted by atomic mass is 32.2. The molecule has 3 nitrogen and oxygen atoms in total. The summed E-state index contributed by atoms with van der Waals surface area (Å²) in [6.45, 7) is 1.82. The highest BCUT2D eigenvalue weighted by Crippen LogP contribution is 2.25. The number of nitrogens with two attached hydrogens (primary N) is 1. The Morgan fingerprint density at radius 3 is 2.57 bits per heavy atom. The van der Waals surface area contributed by atoms with Crippen LogP contribution >= 0.6 is 0 Å². The lowest BCUT2D eigenvalue weighted by Gasteiger charge is -2.08. The van der Waals surface area contributed by atoms with Crippen molar-refractivity contribution in [1.82, 2.24) is 0 Å². The molecule has 3 rings (SSSR count). The maximum atomic E-state index is 12.5. The van der Waals surface area contributed by atoms with Gasteiger partial charge in [0.05, 0.1) is 10.6 Å². The lowest BCUT2D eigenvalue weighted by molar-refractivity contribution is 0.595. The molecule has 2 aromatic rings. The first-order valence-electron chi connectivity index (χ1n) is 7.15. The molecule has 2 N–H and O–H groups in total. The van der Waals surface area contributed by atoms with E-state index in [1.54, 1.807) is 18.2 Å². The molecule has 0 saturated carbocycles. The molecule has 0 aromatic heterocycles. The quantitative estimate of drug-likeness (QED) is 0.886. The zero-order valence-corrected chi connectivity index (χ0v) is 12.9. The van der Waals surface area contributed by atoms with Crippen molar-refractivity contribution in [3.8, 4) is 0 Å². The SMILES string of the molecule is Cc1cc(S(=O)(=O)Cc2ccc3c(c2)CCC3)ccc1N. The van der Waals surface area contributed by atoms with Crippen LogP contribution in [0.25, 0.3) is 0 Å². The third-order valence-electron chi connectivity index (χ3n) is 4.12. The predicted molar refractivity (Wildman–Crippen MR) is 84.9 cm³/mol. The zero-order chi connectivity index (χ0) is 15.0. The largest absolute Gasteiger partial charge is 0.399 e. The zero-order valence-electron chi connectivity index (χ0n) is 12.1. The van der Waals surface area contributed by atoms with Gasteiger partial charge in [-0.15, -0.1) is 0 Å². The summed E-state index contributed by atoms with van der Waals surface area (Å²) < 4.78 is 25.0. The summed E-state index contributed by atoms with van der Waals surface area (Å²) in [5.41, 5.74) is 10.7. The van der Waals surface area contributed by atoms with Gasteiger partial charge in [-0.25, -0.2) is 8.42 Å². The maximum Gasteiger partial charge on any atom is 0.182 e. The van der Waals surface area contributed by atoms with Gasteiger partial charge < -0.3 is 5.73 Å². The first-order chi connectivity index (χ1) is 9.95. The van der Waals surface area contributed by atoms with Crippen LogP contribution in [-0.4, -0.2) is 8.42 Å². The van der Waals surface area contributed by atoms with E-state index in [0.29, 0.717) is 10.6 Å². The monoisotopic (exact) mass is 301 g/mol. The van der Waals surface area contributed by atoms with E-state index in [2.05, 4.69) is 6.07 Å². The highest BCUT2D eigenvalue weighted by molar-refractivity contribution is 7.90. The summed E-state index contributed by atoms with van der Waals surface area (Å²) in [6, 6.07) is 10.9. The second-order valence-electron chi connectivity index (χ2n) is 5.73. The first kappa shape index (κ1) is 14.1. The van der Waals surface area contributed by atoms with Gasteiger partial charge in [-0.05, 0) is 66.6 Å². The number of fused-ring (bicyclic) bond motifs is 1. The normalized spacial score (nSPS) is 14.1. The van der Waals surface area contributed by atoms with Crippen LogP contribution < -0.4 is 5.73 Å². The van der Waals surface area contributed by atoms with Gasteiger partial charge in [0.15, 0.2) is 9.84 Å². The smallest absolute Gasteiger partial charge is 0.182 e. The second-order valence-corrected chi connectivity index (χ2v) is 7.72. The van der Waals surface area contributed by atoms with Crippen molar-refractivity contribution in [3.63, 3.8) is 0 Å². The summed E-state index contributed by atoms with van der Waals surface area (Å²) in [5, 5.41) is 0. The van der Waals surface area contributed by atoms with E-state index in [4.69, 9.17) is 5.73 Å². The van der Waals surface area contributed by atoms with E-state index in [1.807, 2.05) is 19.1 Å². The predicted octanol–water partition coefficient (Wildman–Crippen LogP) is 3.04. The molecule has 1 aliphatic rings. The van der Waals surface area contributed by atoms with Gasteiger partial charge in [0.2, 0.25) is 0 Å². The van der Waals surface area contributed by atoms with Crippen LogP contribution in [0.15, 0.2) is 41.3 Å². The van der Waals surface area contributed by atoms with Crippen LogP contribution in [0.1, 0.15) is 28.7 Å². The Kier molecular flexibility index (Phi) is 3.49. The molecule has 4 heteroatoms. The summed E-state index contributed by atoms with van der Waals surface area (Å²) in [7, 11) is -3.33. The molecule has 0 radical (unpaired) electrons. The van der Waals surface area contributed by atoms with Gasteiger partial charge in [0.25, 0.3) is 0 Å². The summed E-state index contributed by atoms with van der Waals surface area (Å²) in [5.74, 6) is 0.0453. The minimum Gasteiger partial charge on any atom is -0.399 e. The number of hydrogen-bond donors (Lipinski definition) is 1. The van der Waals surface area contributed by atoms with E-state index in [1.165, 1.54) is 17.5 Å². The molecule has 0 spiro atoms. The number of sulfone groups is 1. The molecule has 0 bridgehead atoms. The van der Waals surface area contributed by atoms with Gasteiger partial charge in [-0.1, -0.05) is 18.2 Å². The van der Waals surface area contributed by atoms with Gasteiger partial charge in [-0.2, -0.15) is 0 Å². The molecule has 0 fully saturated rings. The van der Waals surface area contributed by atoms with E-state index >= 15 is 0 Å². The molecule has 0 saturated heterocycles. The van der Waals surface area contributed by atoms with E-state index in [-0.39, 0.29) is 5.75 Å². The van der Waals surface area contributed by atoms with Crippen LogP contribution in [0.5, 0.6) is 0 Å². The van der Waals surface area contributed by atoms with Crippen molar-refractivity contribution >= 4 is 15.5 Å². The highest BCUT2D eigenvalue weighted by Gasteiger charge is 2.18. The lowest BCUT2D eigenvalue weighted by Crippen LogP contribution is -2.06. The summed E-state index contributed by atoms with van der Waals surface area (Å²) in [4.78, 5) is 0.342. The molecule has 110 valence electrons. The topological polar surface area (TPSA) is 60.2 Å². The van der Waals surface area contributed by atoms with Gasteiger partial charge >= 0.3 is 0 Å². The van der Waals surface area contributed by atoms with Gasteiger partial charge in [-0.3, -0.25) is 0 Å². The summed E-state index contributed by atoms with van der Waals surface area (Å²) >= 11 is 0. The number of aryl methyl sites for hydroxylation is 3. The molecule has 2 aromatic carbocycles. The molecule has 0 unspecified atom stereocenters. The third-order valence-corrected chi connectivity index (χ3v) is 5.81. The standard InChI is InChI=1S/C17H19NO2S/c1-12-9-16(7-8-17(12)18)21(19,20)11-13-5-6-14-3-2-4-15(14)10-13/h5-10H,2-4,11,18H2,1H3. The van der Waals surface area contributed by atoms with Gasteiger partial charge in [0.1, 0.15) is 0 Å². The molecule has 1 aliphatic carbocycles. The maximum absolute atomic E-state index is 12.5. The van der Waals surface area contributed by atoms with Crippen LogP contribution in [0.4, 0.5) is 5.69 Å². The Labute approximate surface area is 125 Å². The average molecular weight is 301 g/mol. The number of rotatable bonds is 3. The fraction of sp³-hybridized carbons (Fsp3) is 0.294. The fourth-order valence-electron chi connectivity index (χ4n) is 2.86. The van der Waals surface area contributed by atoms with E-state index < -0.39 is 9.84 Å². The number of anilines is 1. The first-order valence-corrected chi connectivity index (χ1v) is 8.80. The Balaban J connectivity index is 1.90. The van der Waals surface area contributed by atoms with Crippen LogP contribution in [0.2, 0.25) is 0 Å². The van der Waals surface area contributed by atoms with E-state index in [0.717, 1.165) is 24.0 Å². The van der Waals surface area contributed by atoms with Crippen LogP contribution in [-0.2, 0) is 28.4 Å². The minimum absolute atomic E-state index is 0.0453. The molecule has 0 aliphatic heterocycles. The van der Waals surface area contributed by atoms with Crippen molar-refractivity contribution in [2.24, 2.45) is 0 Å². The van der Waals surface area contributed by atoms with Crippen LogP contribution in [0, 0.1) is 6.92 Å². The second kappa shape index (κ2) is 5.19. The van der Waals surface area contributed by atoms with Crippen molar-refractivity contribution in [2.45, 2.75) is 36.8 Å². The molecule has 21 heavy (non-hydrogen) atoms. The van der Waals surface area contributed by atoms with Crippen LogP contribution in [0.3, 0.4) is 0 Å². The molecule has 0 atom stereocenters. The minimum atomic E-state index is -3.33. The Morgan fingerprint density at radius 1 is 1.05 bits per heavy atom. The van der Waals surface area contributed by atoms with Crippen molar-refractivity contribution < 1.29 is 8.42 Å². The average Bonchev–Trinajstić information content (AvgIpc) is 2.88. The lowest BCUT2D eigenvalue weighted by atomic mass is 10.1. The molecule has 0 heterocycles. The molecular formula is C17H19NO2S. The summed E-state index contributed by atoms with van der Waals surface area (Å²) in [6.07, 6.45) is 3.34.